The molecule has 1 aromatic heterocycles. The second-order valence-electron chi connectivity index (χ2n) is 6.79. The molecule has 0 aliphatic heterocycles. The van der Waals surface area contributed by atoms with Crippen molar-refractivity contribution in [2.75, 3.05) is 67.8 Å². The summed E-state index contributed by atoms with van der Waals surface area (Å²) >= 11 is 0. The molecule has 0 bridgehead atoms. The van der Waals surface area contributed by atoms with Crippen molar-refractivity contribution in [1.82, 2.24) is 19.7 Å². The number of likely N-dealkylation sites (N-methyl/N-ethyl adjacent to an activating group) is 1. The van der Waals surface area contributed by atoms with Crippen LogP contribution in [-0.4, -0.2) is 97.4 Å². The summed E-state index contributed by atoms with van der Waals surface area (Å²) in [5.41, 5.74) is 0.665. The molecule has 5 N–H and O–H groups in total. The molecular weight excluding hydrogens is 720 g/mol. The van der Waals surface area contributed by atoms with E-state index >= 15 is 0 Å². The SMILES string of the molecule is CN(CCNS(C)(=O)=O)c1nc(Nc2ccc(C(=O)O)cc2)nc(N(CCO)CCO)n1.[Mt]. The van der Waals surface area contributed by atoms with Crippen LogP contribution in [0.5, 0.6) is 0 Å². The average Bonchev–Trinajstić information content (AvgIpc) is 2.72. The first-order chi connectivity index (χ1) is 15.1. The molecule has 2 rings (SSSR count). The molecule has 2 aromatic rings. The number of hydrogen-bond donors (Lipinski definition) is 5. The molecular formula is C18H27MtN7O6S. The van der Waals surface area contributed by atoms with E-state index < -0.39 is 16.0 Å². The topological polar surface area (TPSA) is 181 Å². The van der Waals surface area contributed by atoms with Gasteiger partial charge in [-0.2, -0.15) is 15.0 Å². The Morgan fingerprint density at radius 2 is 1.58 bits per heavy atom. The Morgan fingerprint density at radius 3 is 2.09 bits per heavy atom. The molecule has 0 saturated carbocycles. The molecule has 13 nitrogen and oxygen atoms in total. The third-order valence-electron chi connectivity index (χ3n) is 4.18. The summed E-state index contributed by atoms with van der Waals surface area (Å²) in [6.45, 7) is 0.380. The maximum atomic E-state index is 11.3. The number of benzene rings is 1. The number of nitrogens with one attached hydrogen (secondary N) is 2. The van der Waals surface area contributed by atoms with Crippen molar-refractivity contribution < 1.29 is 28.5 Å². The maximum Gasteiger partial charge on any atom is 0.335 e. The van der Waals surface area contributed by atoms with Crippen molar-refractivity contribution in [3.05, 3.63) is 29.8 Å². The van der Waals surface area contributed by atoms with Gasteiger partial charge in [0, 0.05) is 38.9 Å². The van der Waals surface area contributed by atoms with Crippen molar-refractivity contribution in [2.24, 2.45) is 0 Å². The first-order valence-electron chi connectivity index (χ1n) is 9.62. The molecule has 0 unspecified atom stereocenters. The van der Waals surface area contributed by atoms with E-state index in [-0.39, 0.29) is 62.8 Å². The summed E-state index contributed by atoms with van der Waals surface area (Å²) in [5, 5.41) is 30.7. The van der Waals surface area contributed by atoms with Crippen molar-refractivity contribution in [3.8, 4) is 0 Å². The number of aromatic carboxylic acids is 1. The van der Waals surface area contributed by atoms with Gasteiger partial charge in [0.25, 0.3) is 0 Å². The van der Waals surface area contributed by atoms with Crippen molar-refractivity contribution in [1.29, 1.82) is 0 Å². The third-order valence-corrected chi connectivity index (χ3v) is 4.90. The van der Waals surface area contributed by atoms with Crippen LogP contribution in [-0.2, 0) is 10.0 Å². The quantitative estimate of drug-likeness (QED) is 0.171. The number of aromatic nitrogens is 3. The van der Waals surface area contributed by atoms with Crippen molar-refractivity contribution in [2.45, 2.75) is 0 Å². The minimum absolute atomic E-state index is 0. The molecule has 0 atom stereocenters. The van der Waals surface area contributed by atoms with Gasteiger partial charge in [0.2, 0.25) is 27.9 Å². The predicted molar refractivity (Wildman–Crippen MR) is 119 cm³/mol. The van der Waals surface area contributed by atoms with Gasteiger partial charge in [-0.15, -0.1) is 0 Å². The molecule has 0 saturated heterocycles. The van der Waals surface area contributed by atoms with Crippen molar-refractivity contribution >= 4 is 39.5 Å². The molecule has 0 aliphatic rings. The molecule has 0 spiro atoms. The zero-order valence-electron chi connectivity index (χ0n) is 18.5. The maximum absolute atomic E-state index is 11.3. The third kappa shape index (κ3) is 8.53. The molecule has 1 heterocycles. The standard InChI is InChI=1S/C18H27N7O6S.Mt/c1-24(8-7-19-32(2,30)31)17-21-16(20-14-5-3-13(4-6-14)15(28)29)22-18(23-17)25(9-11-26)10-12-27;/h3-6,19,26-27H,7-12H2,1-2H3,(H,28,29)(H,20,21,22,23);. The van der Waals surface area contributed by atoms with Gasteiger partial charge in [0.1, 0.15) is 0 Å². The fourth-order valence-electron chi connectivity index (χ4n) is 2.60. The van der Waals surface area contributed by atoms with Gasteiger partial charge in [-0.3, -0.25) is 0 Å². The number of nitrogens with zero attached hydrogens (tertiary/aromatic N) is 5. The van der Waals surface area contributed by atoms with Crippen LogP contribution >= 0.6 is 0 Å². The van der Waals surface area contributed by atoms with Crippen LogP contribution in [0.15, 0.2) is 24.3 Å². The number of hydrogen-bond acceptors (Lipinski definition) is 11. The number of sulfonamides is 1. The number of anilines is 4. The van der Waals surface area contributed by atoms with E-state index in [9.17, 15) is 23.4 Å². The van der Waals surface area contributed by atoms with Crippen LogP contribution in [0.4, 0.5) is 23.5 Å². The first-order valence-corrected chi connectivity index (χ1v) is 11.5. The van der Waals surface area contributed by atoms with E-state index in [1.807, 2.05) is 0 Å². The molecule has 0 aliphatic carbocycles. The largest absolute Gasteiger partial charge is 0.478 e. The molecule has 0 fully saturated rings. The molecule has 0 amide bonds. The Balaban J connectivity index is 0.00000544. The summed E-state index contributed by atoms with van der Waals surface area (Å²) in [7, 11) is -1.67. The first kappa shape index (κ1) is 27.0. The van der Waals surface area contributed by atoms with Gasteiger partial charge < -0.3 is 30.4 Å². The van der Waals surface area contributed by atoms with Crippen LogP contribution in [0.2, 0.25) is 0 Å². The van der Waals surface area contributed by atoms with Gasteiger partial charge in [0.15, 0.2) is 0 Å². The number of aliphatic hydroxyl groups excluding tert-OH is 2. The van der Waals surface area contributed by atoms with E-state index in [0.717, 1.165) is 6.26 Å². The molecule has 33 heavy (non-hydrogen) atoms. The number of rotatable bonds is 13. The molecule has 15 heteroatoms. The van der Waals surface area contributed by atoms with E-state index in [2.05, 4.69) is 25.0 Å². The van der Waals surface area contributed by atoms with Crippen molar-refractivity contribution in [3.63, 3.8) is 0 Å². The average molecular weight is 748 g/mol. The molecule has 178 valence electrons. The summed E-state index contributed by atoms with van der Waals surface area (Å²) < 4.78 is 25.0. The van der Waals surface area contributed by atoms with E-state index in [1.54, 1.807) is 29.0 Å². The van der Waals surface area contributed by atoms with E-state index in [4.69, 9.17) is 5.11 Å². The minimum Gasteiger partial charge on any atom is -0.478 e. The van der Waals surface area contributed by atoms with Gasteiger partial charge in [0.05, 0.1) is 25.0 Å². The van der Waals surface area contributed by atoms with Crippen LogP contribution in [0.3, 0.4) is 0 Å². The number of aliphatic hydroxyl groups is 2. The Hall–Kier alpha value is -4.07. The number of carboxylic acids is 1. The van der Waals surface area contributed by atoms with Crippen LogP contribution in [0, 0.1) is 0 Å². The van der Waals surface area contributed by atoms with E-state index in [0.29, 0.717) is 5.69 Å². The summed E-state index contributed by atoms with van der Waals surface area (Å²) in [6, 6.07) is 5.98. The molecule has 1 aromatic carbocycles. The molecule has 0 radical (unpaired) electrons. The smallest absolute Gasteiger partial charge is 0.335 e. The number of carbonyl (C=O) groups is 1. The monoisotopic (exact) mass is 747 g/mol. The van der Waals surface area contributed by atoms with Gasteiger partial charge in [-0.1, -0.05) is 0 Å². The van der Waals surface area contributed by atoms with Crippen LogP contribution in [0.1, 0.15) is 10.4 Å². The Labute approximate surface area is 185 Å². The van der Waals surface area contributed by atoms with Gasteiger partial charge in [-0.05, 0) is 24.3 Å². The summed E-state index contributed by atoms with van der Waals surface area (Å²) in [6.07, 6.45) is 1.06. The Kier molecular flexibility index (Phi) is 9.88. The van der Waals surface area contributed by atoms with Gasteiger partial charge >= 0.3 is 5.97 Å². The second kappa shape index (κ2) is 12.1. The zero-order chi connectivity index (χ0) is 23.7. The Morgan fingerprint density at radius 1 is 1.00 bits per heavy atom. The van der Waals surface area contributed by atoms with Crippen LogP contribution < -0.4 is 19.8 Å². The fraction of sp³-hybridized carbons (Fsp3) is 0.444. The second-order valence-corrected chi connectivity index (χ2v) is 8.62. The van der Waals surface area contributed by atoms with Gasteiger partial charge in [-0.25, -0.2) is 17.9 Å². The zero-order valence-corrected chi connectivity index (χ0v) is 25.9. The normalized spacial score (nSPS) is 10.9. The Bertz CT molecular complexity index is 1000. The summed E-state index contributed by atoms with van der Waals surface area (Å²) in [4.78, 5) is 27.3. The van der Waals surface area contributed by atoms with E-state index in [1.165, 1.54) is 12.1 Å². The van der Waals surface area contributed by atoms with Crippen LogP contribution in [0.25, 0.3) is 0 Å². The number of carboxylic acid groups (broad SMARTS) is 1. The fourth-order valence-corrected chi connectivity index (χ4v) is 3.06. The minimum atomic E-state index is -3.34. The summed E-state index contributed by atoms with van der Waals surface area (Å²) in [5.74, 6) is -0.465. The predicted octanol–water partition coefficient (Wildman–Crippen LogP) is -0.910.